The van der Waals surface area contributed by atoms with Crippen molar-refractivity contribution >= 4 is 17.2 Å². The first-order valence-corrected chi connectivity index (χ1v) is 10.1. The highest BCUT2D eigenvalue weighted by Crippen LogP contribution is 2.22. The number of hydrogen-bond donors (Lipinski definition) is 0. The predicted molar refractivity (Wildman–Crippen MR) is 105 cm³/mol. The van der Waals surface area contributed by atoms with Gasteiger partial charge in [0.2, 0.25) is 11.7 Å². The third-order valence-electron chi connectivity index (χ3n) is 4.66. The molecule has 0 aliphatic carbocycles. The normalized spacial score (nSPS) is 15.0. The van der Waals surface area contributed by atoms with E-state index in [9.17, 15) is 4.79 Å². The van der Waals surface area contributed by atoms with E-state index in [1.165, 1.54) is 4.88 Å². The van der Waals surface area contributed by atoms with Gasteiger partial charge in [-0.25, -0.2) is 0 Å². The van der Waals surface area contributed by atoms with Gasteiger partial charge in [0, 0.05) is 44.5 Å². The molecule has 1 fully saturated rings. The average Bonchev–Trinajstić information content (AvgIpc) is 3.38. The summed E-state index contributed by atoms with van der Waals surface area (Å²) >= 11 is 1.77. The van der Waals surface area contributed by atoms with Crippen molar-refractivity contribution in [2.24, 2.45) is 0 Å². The standard InChI is InChI=1S/C20H22N4O3S/c1-15-21-19(22-27-15)14-26-18-7-3-2-6-17(18)20(25)24-10-8-23(9-11-24)13-16-5-4-12-28-16/h2-7,12H,8-11,13-14H2,1H3. The minimum Gasteiger partial charge on any atom is -0.485 e. The maximum Gasteiger partial charge on any atom is 0.257 e. The number of ether oxygens (including phenoxy) is 1. The Labute approximate surface area is 167 Å². The van der Waals surface area contributed by atoms with Crippen LogP contribution in [0.2, 0.25) is 0 Å². The van der Waals surface area contributed by atoms with Crippen LogP contribution in [0.1, 0.15) is 27.0 Å². The molecule has 0 N–H and O–H groups in total. The van der Waals surface area contributed by atoms with Gasteiger partial charge >= 0.3 is 0 Å². The molecule has 2 aromatic heterocycles. The Morgan fingerprint density at radius 3 is 2.71 bits per heavy atom. The largest absolute Gasteiger partial charge is 0.485 e. The summed E-state index contributed by atoms with van der Waals surface area (Å²) < 4.78 is 10.8. The fourth-order valence-electron chi connectivity index (χ4n) is 3.21. The molecule has 1 saturated heterocycles. The zero-order valence-corrected chi connectivity index (χ0v) is 16.5. The zero-order valence-electron chi connectivity index (χ0n) is 15.7. The van der Waals surface area contributed by atoms with E-state index in [0.29, 0.717) is 36.1 Å². The van der Waals surface area contributed by atoms with Crippen LogP contribution < -0.4 is 4.74 Å². The molecular weight excluding hydrogens is 376 g/mol. The molecule has 3 aromatic rings. The number of benzene rings is 1. The molecule has 0 saturated carbocycles. The molecular formula is C20H22N4O3S. The van der Waals surface area contributed by atoms with Gasteiger partial charge in [0.15, 0.2) is 6.61 Å². The van der Waals surface area contributed by atoms with E-state index in [0.717, 1.165) is 19.6 Å². The molecule has 8 heteroatoms. The molecule has 1 amide bonds. The fraction of sp³-hybridized carbons (Fsp3) is 0.350. The summed E-state index contributed by atoms with van der Waals surface area (Å²) in [6.45, 7) is 6.00. The number of rotatable bonds is 6. The molecule has 0 atom stereocenters. The van der Waals surface area contributed by atoms with Crippen molar-refractivity contribution in [1.82, 2.24) is 19.9 Å². The molecule has 1 aliphatic heterocycles. The Morgan fingerprint density at radius 1 is 1.18 bits per heavy atom. The number of carbonyl (C=O) groups excluding carboxylic acids is 1. The summed E-state index contributed by atoms with van der Waals surface area (Å²) in [6.07, 6.45) is 0. The van der Waals surface area contributed by atoms with Crippen LogP contribution in [0.4, 0.5) is 0 Å². The molecule has 4 rings (SSSR count). The monoisotopic (exact) mass is 398 g/mol. The van der Waals surface area contributed by atoms with Crippen LogP contribution in [0.25, 0.3) is 0 Å². The molecule has 1 aliphatic rings. The lowest BCUT2D eigenvalue weighted by Gasteiger charge is -2.34. The van der Waals surface area contributed by atoms with Crippen LogP contribution >= 0.6 is 11.3 Å². The number of piperazine rings is 1. The van der Waals surface area contributed by atoms with Gasteiger partial charge in [0.05, 0.1) is 5.56 Å². The topological polar surface area (TPSA) is 71.7 Å². The van der Waals surface area contributed by atoms with Crippen LogP contribution in [0, 0.1) is 6.92 Å². The number of aromatic nitrogens is 2. The second kappa shape index (κ2) is 8.53. The van der Waals surface area contributed by atoms with Crippen molar-refractivity contribution in [3.63, 3.8) is 0 Å². The SMILES string of the molecule is Cc1nc(COc2ccccc2C(=O)N2CCN(Cc3cccs3)CC2)no1. The Bertz CT molecular complexity index is 917. The number of para-hydroxylation sites is 1. The predicted octanol–water partition coefficient (Wildman–Crippen LogP) is 2.98. The second-order valence-electron chi connectivity index (χ2n) is 6.66. The molecule has 7 nitrogen and oxygen atoms in total. The van der Waals surface area contributed by atoms with Crippen molar-refractivity contribution in [2.75, 3.05) is 26.2 Å². The molecule has 0 spiro atoms. The minimum atomic E-state index is -0.00401. The Hall–Kier alpha value is -2.71. The number of hydrogen-bond acceptors (Lipinski definition) is 7. The van der Waals surface area contributed by atoms with E-state index in [1.54, 1.807) is 30.4 Å². The average molecular weight is 398 g/mol. The van der Waals surface area contributed by atoms with Crippen LogP contribution in [-0.4, -0.2) is 52.0 Å². The van der Waals surface area contributed by atoms with Gasteiger partial charge in [-0.05, 0) is 23.6 Å². The lowest BCUT2D eigenvalue weighted by molar-refractivity contribution is 0.0625. The highest BCUT2D eigenvalue weighted by atomic mass is 32.1. The number of thiophene rings is 1. The molecule has 0 bridgehead atoms. The van der Waals surface area contributed by atoms with Gasteiger partial charge in [0.1, 0.15) is 5.75 Å². The van der Waals surface area contributed by atoms with Gasteiger partial charge in [-0.1, -0.05) is 23.4 Å². The van der Waals surface area contributed by atoms with Gasteiger partial charge in [-0.2, -0.15) is 4.98 Å². The fourth-order valence-corrected chi connectivity index (χ4v) is 3.96. The summed E-state index contributed by atoms with van der Waals surface area (Å²) in [5, 5.41) is 5.92. The van der Waals surface area contributed by atoms with E-state index >= 15 is 0 Å². The first-order chi connectivity index (χ1) is 13.7. The van der Waals surface area contributed by atoms with Crippen LogP contribution in [-0.2, 0) is 13.2 Å². The molecule has 0 radical (unpaired) electrons. The van der Waals surface area contributed by atoms with Gasteiger partial charge < -0.3 is 14.2 Å². The summed E-state index contributed by atoms with van der Waals surface area (Å²) in [4.78, 5) is 22.8. The van der Waals surface area contributed by atoms with Crippen LogP contribution in [0.5, 0.6) is 5.75 Å². The number of amides is 1. The third-order valence-corrected chi connectivity index (χ3v) is 5.52. The van der Waals surface area contributed by atoms with Gasteiger partial charge in [-0.15, -0.1) is 11.3 Å². The van der Waals surface area contributed by atoms with Crippen molar-refractivity contribution in [3.8, 4) is 5.75 Å². The first kappa shape index (κ1) is 18.6. The molecule has 146 valence electrons. The second-order valence-corrected chi connectivity index (χ2v) is 7.69. The number of nitrogens with zero attached hydrogens (tertiary/aromatic N) is 4. The first-order valence-electron chi connectivity index (χ1n) is 9.24. The van der Waals surface area contributed by atoms with E-state index in [4.69, 9.17) is 9.26 Å². The molecule has 28 heavy (non-hydrogen) atoms. The van der Waals surface area contributed by atoms with E-state index in [-0.39, 0.29) is 12.5 Å². The number of carbonyl (C=O) groups is 1. The van der Waals surface area contributed by atoms with Crippen molar-refractivity contribution in [3.05, 3.63) is 63.9 Å². The van der Waals surface area contributed by atoms with Crippen molar-refractivity contribution < 1.29 is 14.1 Å². The van der Waals surface area contributed by atoms with Crippen LogP contribution in [0.15, 0.2) is 46.3 Å². The lowest BCUT2D eigenvalue weighted by Crippen LogP contribution is -2.48. The Balaban J connectivity index is 1.37. The summed E-state index contributed by atoms with van der Waals surface area (Å²) in [7, 11) is 0. The molecule has 3 heterocycles. The molecule has 1 aromatic carbocycles. The quantitative estimate of drug-likeness (QED) is 0.636. The van der Waals surface area contributed by atoms with Crippen molar-refractivity contribution in [1.29, 1.82) is 0 Å². The maximum atomic E-state index is 13.0. The maximum absolute atomic E-state index is 13.0. The van der Waals surface area contributed by atoms with E-state index in [2.05, 4.69) is 32.6 Å². The smallest absolute Gasteiger partial charge is 0.257 e. The highest BCUT2D eigenvalue weighted by Gasteiger charge is 2.24. The van der Waals surface area contributed by atoms with E-state index in [1.807, 2.05) is 17.0 Å². The van der Waals surface area contributed by atoms with Gasteiger partial charge in [-0.3, -0.25) is 9.69 Å². The summed E-state index contributed by atoms with van der Waals surface area (Å²) in [5.41, 5.74) is 0.564. The third kappa shape index (κ3) is 4.40. The van der Waals surface area contributed by atoms with Crippen LogP contribution in [0.3, 0.4) is 0 Å². The lowest BCUT2D eigenvalue weighted by atomic mass is 10.1. The minimum absolute atomic E-state index is 0.00401. The Kier molecular flexibility index (Phi) is 5.68. The summed E-state index contributed by atoms with van der Waals surface area (Å²) in [6, 6.07) is 11.5. The number of aryl methyl sites for hydroxylation is 1. The molecule has 0 unspecified atom stereocenters. The Morgan fingerprint density at radius 2 is 2.00 bits per heavy atom. The highest BCUT2D eigenvalue weighted by molar-refractivity contribution is 7.09. The zero-order chi connectivity index (χ0) is 19.3. The van der Waals surface area contributed by atoms with Gasteiger partial charge in [0.25, 0.3) is 5.91 Å². The van der Waals surface area contributed by atoms with E-state index < -0.39 is 0 Å². The van der Waals surface area contributed by atoms with Crippen molar-refractivity contribution in [2.45, 2.75) is 20.1 Å². The summed E-state index contributed by atoms with van der Waals surface area (Å²) in [5.74, 6) is 1.48.